The molecule has 0 bridgehead atoms. The SMILES string of the molecule is C=CCOc1cc(-c2nc3ccccc3o2)ccc1-c1nc2ccccc2o1. The number of hydrogen-bond acceptors (Lipinski definition) is 5. The Bertz CT molecular complexity index is 1230. The Labute approximate surface area is 160 Å². The van der Waals surface area contributed by atoms with E-state index in [4.69, 9.17) is 13.6 Å². The van der Waals surface area contributed by atoms with Crippen LogP contribution in [0.5, 0.6) is 5.75 Å². The summed E-state index contributed by atoms with van der Waals surface area (Å²) in [6.07, 6.45) is 1.70. The predicted molar refractivity (Wildman–Crippen MR) is 108 cm³/mol. The number of para-hydroxylation sites is 4. The molecular formula is C23H16N2O3. The van der Waals surface area contributed by atoms with Gasteiger partial charge in [-0.1, -0.05) is 36.9 Å². The average molecular weight is 368 g/mol. The summed E-state index contributed by atoms with van der Waals surface area (Å²) in [7, 11) is 0. The molecule has 0 saturated heterocycles. The van der Waals surface area contributed by atoms with Crippen molar-refractivity contribution in [1.82, 2.24) is 9.97 Å². The Kier molecular flexibility index (Phi) is 3.91. The van der Waals surface area contributed by atoms with Crippen LogP contribution < -0.4 is 4.74 Å². The van der Waals surface area contributed by atoms with E-state index in [1.54, 1.807) is 6.08 Å². The van der Waals surface area contributed by atoms with Gasteiger partial charge in [-0.3, -0.25) is 0 Å². The van der Waals surface area contributed by atoms with Crippen molar-refractivity contribution in [2.75, 3.05) is 6.61 Å². The van der Waals surface area contributed by atoms with E-state index < -0.39 is 0 Å². The second kappa shape index (κ2) is 6.70. The summed E-state index contributed by atoms with van der Waals surface area (Å²) in [6.45, 7) is 4.09. The standard InChI is InChI=1S/C23H16N2O3/c1-2-13-26-21-14-15(22-24-17-7-3-5-9-19(17)27-22)11-12-16(21)23-25-18-8-4-6-10-20(18)28-23/h2-12,14H,1,13H2. The maximum Gasteiger partial charge on any atom is 0.231 e. The third-order valence-electron chi connectivity index (χ3n) is 4.40. The maximum atomic E-state index is 5.91. The lowest BCUT2D eigenvalue weighted by Gasteiger charge is -2.09. The van der Waals surface area contributed by atoms with Crippen molar-refractivity contribution >= 4 is 22.2 Å². The number of benzene rings is 3. The molecule has 0 aliphatic carbocycles. The lowest BCUT2D eigenvalue weighted by Crippen LogP contribution is -1.96. The van der Waals surface area contributed by atoms with Crippen LogP contribution in [0.15, 0.2) is 88.2 Å². The molecule has 28 heavy (non-hydrogen) atoms. The molecule has 136 valence electrons. The highest BCUT2D eigenvalue weighted by atomic mass is 16.5. The minimum atomic E-state index is 0.365. The van der Waals surface area contributed by atoms with Gasteiger partial charge in [0.1, 0.15) is 23.4 Å². The molecule has 0 aliphatic rings. The van der Waals surface area contributed by atoms with E-state index in [-0.39, 0.29) is 0 Å². The Hall–Kier alpha value is -3.86. The first-order valence-corrected chi connectivity index (χ1v) is 8.91. The molecule has 0 unspecified atom stereocenters. The van der Waals surface area contributed by atoms with Crippen LogP contribution in [0.1, 0.15) is 0 Å². The molecule has 2 heterocycles. The Balaban J connectivity index is 1.62. The van der Waals surface area contributed by atoms with Crippen LogP contribution in [-0.2, 0) is 0 Å². The van der Waals surface area contributed by atoms with Gasteiger partial charge in [0.25, 0.3) is 0 Å². The van der Waals surface area contributed by atoms with E-state index in [0.29, 0.717) is 24.1 Å². The molecule has 5 nitrogen and oxygen atoms in total. The van der Waals surface area contributed by atoms with Crippen molar-refractivity contribution in [3.63, 3.8) is 0 Å². The van der Waals surface area contributed by atoms with Gasteiger partial charge in [-0.05, 0) is 42.5 Å². The maximum absolute atomic E-state index is 5.91. The van der Waals surface area contributed by atoms with Gasteiger partial charge in [-0.25, -0.2) is 9.97 Å². The average Bonchev–Trinajstić information content (AvgIpc) is 3.36. The second-order valence-corrected chi connectivity index (χ2v) is 6.28. The molecule has 5 rings (SSSR count). The van der Waals surface area contributed by atoms with E-state index in [9.17, 15) is 0 Å². The summed E-state index contributed by atoms with van der Waals surface area (Å²) in [5, 5.41) is 0. The van der Waals surface area contributed by atoms with Gasteiger partial charge < -0.3 is 13.6 Å². The summed E-state index contributed by atoms with van der Waals surface area (Å²) in [6, 6.07) is 21.1. The summed E-state index contributed by atoms with van der Waals surface area (Å²) in [5.41, 5.74) is 4.67. The molecular weight excluding hydrogens is 352 g/mol. The van der Waals surface area contributed by atoms with Crippen LogP contribution in [0.25, 0.3) is 45.1 Å². The summed E-state index contributed by atoms with van der Waals surface area (Å²) >= 11 is 0. The lowest BCUT2D eigenvalue weighted by molar-refractivity contribution is 0.363. The van der Waals surface area contributed by atoms with E-state index in [1.807, 2.05) is 66.7 Å². The number of aromatic nitrogens is 2. The monoisotopic (exact) mass is 368 g/mol. The molecule has 3 aromatic carbocycles. The van der Waals surface area contributed by atoms with Crippen molar-refractivity contribution in [1.29, 1.82) is 0 Å². The first kappa shape index (κ1) is 16.3. The number of fused-ring (bicyclic) bond motifs is 2. The van der Waals surface area contributed by atoms with Gasteiger partial charge in [0.05, 0.1) is 5.56 Å². The molecule has 0 saturated carbocycles. The molecule has 2 aromatic heterocycles. The largest absolute Gasteiger partial charge is 0.489 e. The minimum absolute atomic E-state index is 0.365. The third-order valence-corrected chi connectivity index (χ3v) is 4.40. The van der Waals surface area contributed by atoms with Crippen LogP contribution in [0, 0.1) is 0 Å². The fourth-order valence-electron chi connectivity index (χ4n) is 3.08. The fourth-order valence-corrected chi connectivity index (χ4v) is 3.08. The van der Waals surface area contributed by atoms with Crippen LogP contribution in [0.4, 0.5) is 0 Å². The minimum Gasteiger partial charge on any atom is -0.489 e. The molecule has 5 heteroatoms. The summed E-state index contributed by atoms with van der Waals surface area (Å²) in [5.74, 6) is 1.67. The molecule has 0 spiro atoms. The Morgan fingerprint density at radius 1 is 0.821 bits per heavy atom. The van der Waals surface area contributed by atoms with Crippen LogP contribution in [0.2, 0.25) is 0 Å². The smallest absolute Gasteiger partial charge is 0.231 e. The van der Waals surface area contributed by atoms with E-state index >= 15 is 0 Å². The highest BCUT2D eigenvalue weighted by Gasteiger charge is 2.16. The number of ether oxygens (including phenoxy) is 1. The van der Waals surface area contributed by atoms with Crippen LogP contribution >= 0.6 is 0 Å². The predicted octanol–water partition coefficient (Wildman–Crippen LogP) is 5.87. The summed E-state index contributed by atoms with van der Waals surface area (Å²) < 4.78 is 17.7. The van der Waals surface area contributed by atoms with E-state index in [0.717, 1.165) is 33.3 Å². The zero-order valence-electron chi connectivity index (χ0n) is 15.0. The van der Waals surface area contributed by atoms with Crippen LogP contribution in [-0.4, -0.2) is 16.6 Å². The zero-order chi connectivity index (χ0) is 18.9. The number of hydrogen-bond donors (Lipinski definition) is 0. The van der Waals surface area contributed by atoms with Crippen LogP contribution in [0.3, 0.4) is 0 Å². The molecule has 5 aromatic rings. The molecule has 0 aliphatic heterocycles. The van der Waals surface area contributed by atoms with E-state index in [2.05, 4.69) is 16.5 Å². The van der Waals surface area contributed by atoms with Gasteiger partial charge in [0.2, 0.25) is 11.8 Å². The molecule has 0 atom stereocenters. The Morgan fingerprint density at radius 3 is 2.14 bits per heavy atom. The second-order valence-electron chi connectivity index (χ2n) is 6.28. The lowest BCUT2D eigenvalue weighted by atomic mass is 10.1. The molecule has 0 radical (unpaired) electrons. The third kappa shape index (κ3) is 2.83. The topological polar surface area (TPSA) is 61.3 Å². The van der Waals surface area contributed by atoms with Crippen molar-refractivity contribution in [3.8, 4) is 28.7 Å². The molecule has 0 N–H and O–H groups in total. The van der Waals surface area contributed by atoms with Crippen molar-refractivity contribution in [3.05, 3.63) is 79.4 Å². The fraction of sp³-hybridized carbons (Fsp3) is 0.0435. The zero-order valence-corrected chi connectivity index (χ0v) is 15.0. The number of rotatable bonds is 5. The van der Waals surface area contributed by atoms with Crippen molar-refractivity contribution in [2.45, 2.75) is 0 Å². The highest BCUT2D eigenvalue weighted by molar-refractivity contribution is 5.80. The highest BCUT2D eigenvalue weighted by Crippen LogP contribution is 2.36. The number of nitrogens with zero attached hydrogens (tertiary/aromatic N) is 2. The normalized spacial score (nSPS) is 11.1. The van der Waals surface area contributed by atoms with Crippen molar-refractivity contribution < 1.29 is 13.6 Å². The molecule has 0 fully saturated rings. The van der Waals surface area contributed by atoms with Gasteiger partial charge in [0, 0.05) is 5.56 Å². The van der Waals surface area contributed by atoms with Crippen molar-refractivity contribution in [2.24, 2.45) is 0 Å². The van der Waals surface area contributed by atoms with Gasteiger partial charge in [0.15, 0.2) is 11.2 Å². The first-order chi connectivity index (χ1) is 13.8. The Morgan fingerprint density at radius 2 is 1.46 bits per heavy atom. The van der Waals surface area contributed by atoms with Gasteiger partial charge in [-0.15, -0.1) is 0 Å². The van der Waals surface area contributed by atoms with Gasteiger partial charge >= 0.3 is 0 Å². The quantitative estimate of drug-likeness (QED) is 0.363. The first-order valence-electron chi connectivity index (χ1n) is 8.91. The van der Waals surface area contributed by atoms with E-state index in [1.165, 1.54) is 0 Å². The van der Waals surface area contributed by atoms with Gasteiger partial charge in [-0.2, -0.15) is 0 Å². The number of oxazole rings is 2. The molecule has 0 amide bonds. The summed E-state index contributed by atoms with van der Waals surface area (Å²) in [4.78, 5) is 9.14.